The van der Waals surface area contributed by atoms with Gasteiger partial charge in [0.25, 0.3) is 0 Å². The summed E-state index contributed by atoms with van der Waals surface area (Å²) >= 11 is 0. The van der Waals surface area contributed by atoms with Crippen molar-refractivity contribution < 1.29 is 4.74 Å². The van der Waals surface area contributed by atoms with Gasteiger partial charge in [-0.2, -0.15) is 20.3 Å². The third kappa shape index (κ3) is 2.65. The number of fused-ring (bicyclic) bond motifs is 1. The smallest absolute Gasteiger partial charge is 0.232 e. The fraction of sp³-hybridized carbons (Fsp3) is 0.444. The maximum absolute atomic E-state index is 9.30. The summed E-state index contributed by atoms with van der Waals surface area (Å²) < 4.78 is 7.15. The third-order valence-electron chi connectivity index (χ3n) is 4.73. The molecule has 1 aliphatic rings. The summed E-state index contributed by atoms with van der Waals surface area (Å²) in [5.74, 6) is 1.56. The van der Waals surface area contributed by atoms with Crippen LogP contribution in [0.15, 0.2) is 12.4 Å². The minimum absolute atomic E-state index is 0.427. The first kappa shape index (κ1) is 16.4. The Kier molecular flexibility index (Phi) is 3.61. The standard InChI is InChI=1S/C18H21N7O/c1-10-13(8-25(24-10)18(2,3)9-19)21-17-22-15-14(16(23-17)26-4)12(7-20-15)11-5-6-11/h7-8,11H,5-6H2,1-4H3,(H2,20,21,22,23). The first-order chi connectivity index (χ1) is 12.4. The minimum Gasteiger partial charge on any atom is -0.480 e. The highest BCUT2D eigenvalue weighted by Crippen LogP contribution is 2.45. The molecule has 8 heteroatoms. The molecule has 0 spiro atoms. The van der Waals surface area contributed by atoms with Crippen molar-refractivity contribution in [2.45, 2.75) is 45.1 Å². The lowest BCUT2D eigenvalue weighted by Gasteiger charge is -2.15. The van der Waals surface area contributed by atoms with Gasteiger partial charge in [0.1, 0.15) is 11.2 Å². The minimum atomic E-state index is -0.730. The van der Waals surface area contributed by atoms with Gasteiger partial charge < -0.3 is 15.0 Å². The van der Waals surface area contributed by atoms with Crippen molar-refractivity contribution in [2.75, 3.05) is 12.4 Å². The molecule has 1 aliphatic carbocycles. The van der Waals surface area contributed by atoms with Crippen LogP contribution in [0.25, 0.3) is 11.0 Å². The number of nitrogens with zero attached hydrogens (tertiary/aromatic N) is 5. The lowest BCUT2D eigenvalue weighted by molar-refractivity contribution is 0.403. The van der Waals surface area contributed by atoms with Crippen LogP contribution in [0.3, 0.4) is 0 Å². The lowest BCUT2D eigenvalue weighted by Crippen LogP contribution is -2.24. The van der Waals surface area contributed by atoms with Crippen LogP contribution in [0.4, 0.5) is 11.6 Å². The number of nitriles is 1. The molecule has 134 valence electrons. The van der Waals surface area contributed by atoms with Crippen molar-refractivity contribution in [1.82, 2.24) is 24.7 Å². The van der Waals surface area contributed by atoms with Gasteiger partial charge in [0.15, 0.2) is 0 Å². The molecule has 1 saturated carbocycles. The second-order valence-corrected chi connectivity index (χ2v) is 7.17. The van der Waals surface area contributed by atoms with Crippen molar-refractivity contribution in [3.63, 3.8) is 0 Å². The van der Waals surface area contributed by atoms with Gasteiger partial charge in [0, 0.05) is 6.20 Å². The number of ether oxygens (including phenoxy) is 1. The van der Waals surface area contributed by atoms with E-state index in [-0.39, 0.29) is 0 Å². The molecule has 3 aromatic rings. The predicted octanol–water partition coefficient (Wildman–Crippen LogP) is 3.35. The molecule has 2 N–H and O–H groups in total. The number of hydrogen-bond donors (Lipinski definition) is 2. The van der Waals surface area contributed by atoms with Gasteiger partial charge >= 0.3 is 0 Å². The monoisotopic (exact) mass is 351 g/mol. The molecule has 4 rings (SSSR count). The Morgan fingerprint density at radius 2 is 2.15 bits per heavy atom. The van der Waals surface area contributed by atoms with Gasteiger partial charge in [-0.25, -0.2) is 0 Å². The molecule has 0 amide bonds. The summed E-state index contributed by atoms with van der Waals surface area (Å²) in [4.78, 5) is 12.3. The lowest BCUT2D eigenvalue weighted by atomic mass is 10.1. The highest BCUT2D eigenvalue weighted by atomic mass is 16.5. The van der Waals surface area contributed by atoms with E-state index in [0.717, 1.165) is 22.4 Å². The average molecular weight is 351 g/mol. The van der Waals surface area contributed by atoms with E-state index in [1.54, 1.807) is 18.0 Å². The van der Waals surface area contributed by atoms with Crippen LogP contribution >= 0.6 is 0 Å². The average Bonchev–Trinajstić information content (AvgIpc) is 3.28. The van der Waals surface area contributed by atoms with Gasteiger partial charge in [0.2, 0.25) is 11.8 Å². The van der Waals surface area contributed by atoms with E-state index in [0.29, 0.717) is 17.7 Å². The first-order valence-electron chi connectivity index (χ1n) is 8.61. The zero-order valence-electron chi connectivity index (χ0n) is 15.3. The summed E-state index contributed by atoms with van der Waals surface area (Å²) in [6.07, 6.45) is 6.19. The molecule has 0 saturated heterocycles. The van der Waals surface area contributed by atoms with E-state index in [9.17, 15) is 5.26 Å². The fourth-order valence-corrected chi connectivity index (χ4v) is 2.98. The van der Waals surface area contributed by atoms with Crippen LogP contribution in [-0.2, 0) is 5.54 Å². The molecule has 0 aromatic carbocycles. The van der Waals surface area contributed by atoms with Crippen LogP contribution in [0.5, 0.6) is 5.88 Å². The number of nitrogens with one attached hydrogen (secondary N) is 2. The molecular weight excluding hydrogens is 330 g/mol. The van der Waals surface area contributed by atoms with Crippen molar-refractivity contribution in [3.8, 4) is 11.9 Å². The molecule has 0 aliphatic heterocycles. The van der Waals surface area contributed by atoms with Crippen LogP contribution in [0, 0.1) is 18.3 Å². The summed E-state index contributed by atoms with van der Waals surface area (Å²) in [5, 5.41) is 17.9. The Morgan fingerprint density at radius 1 is 1.38 bits per heavy atom. The summed E-state index contributed by atoms with van der Waals surface area (Å²) in [5.41, 5.74) is 2.77. The molecule has 1 fully saturated rings. The van der Waals surface area contributed by atoms with E-state index in [1.165, 1.54) is 18.4 Å². The van der Waals surface area contributed by atoms with E-state index >= 15 is 0 Å². The highest BCUT2D eigenvalue weighted by molar-refractivity contribution is 5.87. The van der Waals surface area contributed by atoms with Gasteiger partial charge in [-0.15, -0.1) is 0 Å². The molecule has 26 heavy (non-hydrogen) atoms. The summed E-state index contributed by atoms with van der Waals surface area (Å²) in [6, 6.07) is 2.24. The SMILES string of the molecule is COc1nc(Nc2cn(C(C)(C)C#N)nc2C)nc2[nH]cc(C3CC3)c12. The molecule has 0 atom stereocenters. The molecule has 0 radical (unpaired) electrons. The molecule has 0 bridgehead atoms. The number of methoxy groups -OCH3 is 1. The fourth-order valence-electron chi connectivity index (χ4n) is 2.98. The van der Waals surface area contributed by atoms with E-state index in [1.807, 2.05) is 27.0 Å². The zero-order chi connectivity index (χ0) is 18.5. The number of aryl methyl sites for hydroxylation is 1. The van der Waals surface area contributed by atoms with Crippen molar-refractivity contribution >= 4 is 22.7 Å². The van der Waals surface area contributed by atoms with Crippen molar-refractivity contribution in [1.29, 1.82) is 5.26 Å². The Bertz CT molecular complexity index is 1020. The Morgan fingerprint density at radius 3 is 2.81 bits per heavy atom. The van der Waals surface area contributed by atoms with Crippen LogP contribution in [0.1, 0.15) is 43.9 Å². The number of anilines is 2. The normalized spacial score (nSPS) is 14.4. The largest absolute Gasteiger partial charge is 0.480 e. The zero-order valence-corrected chi connectivity index (χ0v) is 15.3. The highest BCUT2D eigenvalue weighted by Gasteiger charge is 2.29. The third-order valence-corrected chi connectivity index (χ3v) is 4.73. The molecule has 3 heterocycles. The van der Waals surface area contributed by atoms with Crippen LogP contribution < -0.4 is 10.1 Å². The molecular formula is C18H21N7O. The van der Waals surface area contributed by atoms with Gasteiger partial charge in [0.05, 0.1) is 36.1 Å². The summed E-state index contributed by atoms with van der Waals surface area (Å²) in [6.45, 7) is 5.50. The number of H-pyrrole nitrogens is 1. The van der Waals surface area contributed by atoms with E-state index in [2.05, 4.69) is 31.4 Å². The number of hydrogen-bond acceptors (Lipinski definition) is 6. The van der Waals surface area contributed by atoms with Crippen molar-refractivity contribution in [3.05, 3.63) is 23.7 Å². The van der Waals surface area contributed by atoms with E-state index in [4.69, 9.17) is 4.74 Å². The topological polar surface area (TPSA) is 104 Å². The van der Waals surface area contributed by atoms with Crippen molar-refractivity contribution in [2.24, 2.45) is 0 Å². The molecule has 8 nitrogen and oxygen atoms in total. The maximum Gasteiger partial charge on any atom is 0.232 e. The number of aromatic nitrogens is 5. The van der Waals surface area contributed by atoms with Gasteiger partial charge in [-0.05, 0) is 45.1 Å². The molecule has 0 unspecified atom stereocenters. The second kappa shape index (κ2) is 5.73. The quantitative estimate of drug-likeness (QED) is 0.730. The van der Waals surface area contributed by atoms with Crippen LogP contribution in [-0.4, -0.2) is 31.8 Å². The summed E-state index contributed by atoms with van der Waals surface area (Å²) in [7, 11) is 1.62. The molecule has 3 aromatic heterocycles. The Balaban J connectivity index is 1.71. The number of rotatable bonds is 5. The number of aromatic amines is 1. The predicted molar refractivity (Wildman–Crippen MR) is 97.6 cm³/mol. The Labute approximate surface area is 151 Å². The van der Waals surface area contributed by atoms with Gasteiger partial charge in [-0.1, -0.05) is 0 Å². The van der Waals surface area contributed by atoms with Gasteiger partial charge in [-0.3, -0.25) is 4.68 Å². The maximum atomic E-state index is 9.30. The van der Waals surface area contributed by atoms with Crippen LogP contribution in [0.2, 0.25) is 0 Å². The second-order valence-electron chi connectivity index (χ2n) is 7.17. The Hall–Kier alpha value is -3.08. The van der Waals surface area contributed by atoms with E-state index < -0.39 is 5.54 Å². The first-order valence-corrected chi connectivity index (χ1v) is 8.61.